The van der Waals surface area contributed by atoms with Crippen LogP contribution in [-0.2, 0) is 6.42 Å². The Kier molecular flexibility index (Phi) is 4.51. The molecule has 0 bridgehead atoms. The first kappa shape index (κ1) is 14.9. The van der Waals surface area contributed by atoms with E-state index in [0.717, 1.165) is 18.2 Å². The fourth-order valence-electron chi connectivity index (χ4n) is 4.02. The summed E-state index contributed by atoms with van der Waals surface area (Å²) in [4.78, 5) is 2.71. The number of methoxy groups -OCH3 is 1. The molecule has 1 aliphatic carbocycles. The summed E-state index contributed by atoms with van der Waals surface area (Å²) >= 11 is 0. The molecule has 3 unspecified atom stereocenters. The van der Waals surface area contributed by atoms with E-state index in [9.17, 15) is 0 Å². The lowest BCUT2D eigenvalue weighted by atomic mass is 9.83. The molecule has 21 heavy (non-hydrogen) atoms. The molecule has 3 nitrogen and oxygen atoms in total. The second-order valence-electron chi connectivity index (χ2n) is 6.59. The van der Waals surface area contributed by atoms with E-state index in [1.165, 1.54) is 43.5 Å². The third kappa shape index (κ3) is 2.95. The van der Waals surface area contributed by atoms with Gasteiger partial charge in [-0.3, -0.25) is 4.90 Å². The maximum atomic E-state index is 5.44. The van der Waals surface area contributed by atoms with Gasteiger partial charge in [0.2, 0.25) is 0 Å². The predicted octanol–water partition coefficient (Wildman–Crippen LogP) is 3.00. The highest BCUT2D eigenvalue weighted by atomic mass is 16.5. The van der Waals surface area contributed by atoms with Gasteiger partial charge in [-0.25, -0.2) is 0 Å². The van der Waals surface area contributed by atoms with E-state index >= 15 is 0 Å². The molecular formula is C18H28N2O. The van der Waals surface area contributed by atoms with Crippen LogP contribution in [0.2, 0.25) is 0 Å². The number of likely N-dealkylation sites (tertiary alicyclic amines) is 1. The van der Waals surface area contributed by atoms with Crippen LogP contribution in [0.1, 0.15) is 43.9 Å². The molecule has 0 radical (unpaired) electrons. The van der Waals surface area contributed by atoms with Gasteiger partial charge in [-0.2, -0.15) is 0 Å². The van der Waals surface area contributed by atoms with E-state index in [2.05, 4.69) is 42.3 Å². The molecule has 0 saturated carbocycles. The van der Waals surface area contributed by atoms with Gasteiger partial charge < -0.3 is 10.1 Å². The number of hydrogen-bond donors (Lipinski definition) is 1. The van der Waals surface area contributed by atoms with Gasteiger partial charge in [0.25, 0.3) is 0 Å². The van der Waals surface area contributed by atoms with E-state index in [4.69, 9.17) is 4.74 Å². The number of fused-ring (bicyclic) bond motifs is 1. The molecule has 1 heterocycles. The minimum Gasteiger partial charge on any atom is -0.497 e. The van der Waals surface area contributed by atoms with E-state index in [0.29, 0.717) is 12.1 Å². The first-order valence-corrected chi connectivity index (χ1v) is 8.37. The van der Waals surface area contributed by atoms with Crippen LogP contribution in [-0.4, -0.2) is 37.7 Å². The van der Waals surface area contributed by atoms with Crippen molar-refractivity contribution in [1.82, 2.24) is 10.2 Å². The lowest BCUT2D eigenvalue weighted by molar-refractivity contribution is 0.168. The second-order valence-corrected chi connectivity index (χ2v) is 6.59. The Balaban J connectivity index is 1.89. The number of nitrogens with zero attached hydrogens (tertiary/aromatic N) is 1. The van der Waals surface area contributed by atoms with Crippen molar-refractivity contribution >= 4 is 0 Å². The standard InChI is InChI=1S/C18H28N2O/c1-4-19-18-16-11-15(21-3)7-5-14(16)6-8-17(18)20-10-9-13(2)12-20/h5,7,11,13,17-19H,4,6,8-10,12H2,1-3H3. The first-order chi connectivity index (χ1) is 10.2. The van der Waals surface area contributed by atoms with Gasteiger partial charge in [-0.05, 0) is 61.5 Å². The zero-order valence-electron chi connectivity index (χ0n) is 13.6. The number of nitrogens with one attached hydrogen (secondary N) is 1. The van der Waals surface area contributed by atoms with Crippen molar-refractivity contribution in [3.05, 3.63) is 29.3 Å². The van der Waals surface area contributed by atoms with Gasteiger partial charge in [0, 0.05) is 18.6 Å². The number of hydrogen-bond acceptors (Lipinski definition) is 3. The molecule has 0 amide bonds. The smallest absolute Gasteiger partial charge is 0.119 e. The summed E-state index contributed by atoms with van der Waals surface area (Å²) in [6, 6.07) is 7.67. The van der Waals surface area contributed by atoms with Crippen molar-refractivity contribution in [3.8, 4) is 5.75 Å². The third-order valence-corrected chi connectivity index (χ3v) is 5.13. The lowest BCUT2D eigenvalue weighted by Gasteiger charge is -2.40. The second kappa shape index (κ2) is 6.37. The highest BCUT2D eigenvalue weighted by molar-refractivity contribution is 5.40. The molecule has 1 saturated heterocycles. The van der Waals surface area contributed by atoms with Crippen molar-refractivity contribution in [2.75, 3.05) is 26.7 Å². The molecule has 1 aliphatic heterocycles. The molecular weight excluding hydrogens is 260 g/mol. The van der Waals surface area contributed by atoms with Crippen molar-refractivity contribution in [1.29, 1.82) is 0 Å². The minimum absolute atomic E-state index is 0.444. The van der Waals surface area contributed by atoms with Crippen molar-refractivity contribution in [3.63, 3.8) is 0 Å². The van der Waals surface area contributed by atoms with Gasteiger partial charge in [0.1, 0.15) is 5.75 Å². The first-order valence-electron chi connectivity index (χ1n) is 8.37. The number of rotatable bonds is 4. The molecule has 2 aliphatic rings. The van der Waals surface area contributed by atoms with Crippen LogP contribution in [0.3, 0.4) is 0 Å². The topological polar surface area (TPSA) is 24.5 Å². The van der Waals surface area contributed by atoms with Gasteiger partial charge in [0.15, 0.2) is 0 Å². The lowest BCUT2D eigenvalue weighted by Crippen LogP contribution is -2.46. The van der Waals surface area contributed by atoms with Crippen LogP contribution in [0.4, 0.5) is 0 Å². The fourth-order valence-corrected chi connectivity index (χ4v) is 4.02. The normalized spacial score (nSPS) is 29.4. The van der Waals surface area contributed by atoms with Crippen molar-refractivity contribution in [2.24, 2.45) is 5.92 Å². The zero-order valence-corrected chi connectivity index (χ0v) is 13.6. The summed E-state index contributed by atoms with van der Waals surface area (Å²) < 4.78 is 5.44. The summed E-state index contributed by atoms with van der Waals surface area (Å²) in [6.45, 7) is 8.11. The van der Waals surface area contributed by atoms with Crippen molar-refractivity contribution in [2.45, 2.75) is 45.2 Å². The predicted molar refractivity (Wildman–Crippen MR) is 86.9 cm³/mol. The average molecular weight is 288 g/mol. The molecule has 0 spiro atoms. The number of benzene rings is 1. The Bertz CT molecular complexity index is 488. The monoisotopic (exact) mass is 288 g/mol. The average Bonchev–Trinajstić information content (AvgIpc) is 2.93. The van der Waals surface area contributed by atoms with Gasteiger partial charge in [-0.15, -0.1) is 0 Å². The molecule has 1 N–H and O–H groups in total. The van der Waals surface area contributed by atoms with E-state index in [-0.39, 0.29) is 0 Å². The highest BCUT2D eigenvalue weighted by Crippen LogP contribution is 2.37. The molecule has 0 aromatic heterocycles. The zero-order chi connectivity index (χ0) is 14.8. The van der Waals surface area contributed by atoms with E-state index in [1.807, 2.05) is 0 Å². The molecule has 1 fully saturated rings. The third-order valence-electron chi connectivity index (χ3n) is 5.13. The van der Waals surface area contributed by atoms with Crippen LogP contribution < -0.4 is 10.1 Å². The molecule has 116 valence electrons. The molecule has 1 aromatic rings. The van der Waals surface area contributed by atoms with Gasteiger partial charge >= 0.3 is 0 Å². The minimum atomic E-state index is 0.444. The fraction of sp³-hybridized carbons (Fsp3) is 0.667. The number of likely N-dealkylation sites (N-methyl/N-ethyl adjacent to an activating group) is 1. The summed E-state index contributed by atoms with van der Waals surface area (Å²) in [5.74, 6) is 1.83. The number of aryl methyl sites for hydroxylation is 1. The molecule has 3 rings (SSSR count). The Labute approximate surface area is 128 Å². The Hall–Kier alpha value is -1.06. The van der Waals surface area contributed by atoms with Gasteiger partial charge in [0.05, 0.1) is 7.11 Å². The Morgan fingerprint density at radius 1 is 1.33 bits per heavy atom. The van der Waals surface area contributed by atoms with Crippen LogP contribution >= 0.6 is 0 Å². The van der Waals surface area contributed by atoms with Crippen LogP contribution in [0.15, 0.2) is 18.2 Å². The van der Waals surface area contributed by atoms with E-state index in [1.54, 1.807) is 7.11 Å². The maximum Gasteiger partial charge on any atom is 0.119 e. The maximum absolute atomic E-state index is 5.44. The highest BCUT2D eigenvalue weighted by Gasteiger charge is 2.35. The molecule has 1 aromatic carbocycles. The van der Waals surface area contributed by atoms with Crippen LogP contribution in [0, 0.1) is 5.92 Å². The summed E-state index contributed by atoms with van der Waals surface area (Å²) in [5.41, 5.74) is 2.94. The summed E-state index contributed by atoms with van der Waals surface area (Å²) in [7, 11) is 1.76. The number of ether oxygens (including phenoxy) is 1. The Morgan fingerprint density at radius 2 is 2.19 bits per heavy atom. The SMILES string of the molecule is CCNC1c2cc(OC)ccc2CCC1N1CCC(C)C1. The molecule has 3 atom stereocenters. The quantitative estimate of drug-likeness (QED) is 0.922. The van der Waals surface area contributed by atoms with E-state index < -0.39 is 0 Å². The summed E-state index contributed by atoms with van der Waals surface area (Å²) in [5, 5.41) is 3.74. The van der Waals surface area contributed by atoms with Crippen molar-refractivity contribution < 1.29 is 4.74 Å². The van der Waals surface area contributed by atoms with Crippen LogP contribution in [0.5, 0.6) is 5.75 Å². The summed E-state index contributed by atoms with van der Waals surface area (Å²) in [6.07, 6.45) is 3.81. The Morgan fingerprint density at radius 3 is 2.86 bits per heavy atom. The van der Waals surface area contributed by atoms with Gasteiger partial charge in [-0.1, -0.05) is 19.9 Å². The molecule has 3 heteroatoms. The largest absolute Gasteiger partial charge is 0.497 e. The van der Waals surface area contributed by atoms with Crippen LogP contribution in [0.25, 0.3) is 0 Å².